The minimum Gasteiger partial charge on any atom is -0.464 e. The molecule has 16 heavy (non-hydrogen) atoms. The van der Waals surface area contributed by atoms with Crippen LogP contribution in [-0.4, -0.2) is 18.1 Å². The number of aromatic nitrogens is 1. The molecule has 0 fully saturated rings. The van der Waals surface area contributed by atoms with Crippen LogP contribution in [0.5, 0.6) is 0 Å². The highest BCUT2D eigenvalue weighted by Crippen LogP contribution is 2.29. The SMILES string of the molecule is COC(=O)c1nc(Cl)cc(C(F)F)c1CBr. The second-order valence-corrected chi connectivity index (χ2v) is 3.74. The summed E-state index contributed by atoms with van der Waals surface area (Å²) in [4.78, 5) is 15.0. The highest BCUT2D eigenvalue weighted by Gasteiger charge is 2.22. The molecule has 0 aromatic carbocycles. The van der Waals surface area contributed by atoms with Crippen molar-refractivity contribution < 1.29 is 18.3 Å². The molecule has 0 amide bonds. The summed E-state index contributed by atoms with van der Waals surface area (Å²) >= 11 is 8.58. The lowest BCUT2D eigenvalue weighted by atomic mass is 10.1. The Labute approximate surface area is 104 Å². The van der Waals surface area contributed by atoms with Crippen LogP contribution in [0.4, 0.5) is 8.78 Å². The second-order valence-electron chi connectivity index (χ2n) is 2.79. The number of hydrogen-bond donors (Lipinski definition) is 0. The van der Waals surface area contributed by atoms with Gasteiger partial charge in [0.1, 0.15) is 5.15 Å². The number of nitrogens with zero attached hydrogens (tertiary/aromatic N) is 1. The molecule has 0 atom stereocenters. The maximum Gasteiger partial charge on any atom is 0.357 e. The number of carbonyl (C=O) groups is 1. The van der Waals surface area contributed by atoms with Gasteiger partial charge in [-0.1, -0.05) is 27.5 Å². The van der Waals surface area contributed by atoms with Crippen LogP contribution in [0.1, 0.15) is 28.0 Å². The van der Waals surface area contributed by atoms with Crippen molar-refractivity contribution in [3.8, 4) is 0 Å². The van der Waals surface area contributed by atoms with Gasteiger partial charge in [-0.3, -0.25) is 0 Å². The standard InChI is InChI=1S/C9H7BrClF2NO2/c1-16-9(15)7-5(3-10)4(8(12)13)2-6(11)14-7/h2,8H,3H2,1H3. The first-order valence-electron chi connectivity index (χ1n) is 4.13. The Hall–Kier alpha value is -0.750. The molecular formula is C9H7BrClF2NO2. The van der Waals surface area contributed by atoms with Crippen molar-refractivity contribution in [2.24, 2.45) is 0 Å². The highest BCUT2D eigenvalue weighted by atomic mass is 79.9. The summed E-state index contributed by atoms with van der Waals surface area (Å²) in [5.74, 6) is -0.793. The molecule has 0 saturated heterocycles. The Kier molecular flexibility index (Phi) is 4.61. The number of carbonyl (C=O) groups excluding carboxylic acids is 1. The first-order valence-corrected chi connectivity index (χ1v) is 5.63. The number of pyridine rings is 1. The van der Waals surface area contributed by atoms with Crippen molar-refractivity contribution in [1.82, 2.24) is 4.98 Å². The van der Waals surface area contributed by atoms with Crippen LogP contribution in [-0.2, 0) is 10.1 Å². The minimum atomic E-state index is -2.73. The summed E-state index contributed by atoms with van der Waals surface area (Å²) in [5.41, 5.74) is -0.425. The van der Waals surface area contributed by atoms with Crippen molar-refractivity contribution in [2.45, 2.75) is 11.8 Å². The Morgan fingerprint density at radius 3 is 2.75 bits per heavy atom. The van der Waals surface area contributed by atoms with Crippen LogP contribution in [0, 0.1) is 0 Å². The number of hydrogen-bond acceptors (Lipinski definition) is 3. The molecule has 0 bridgehead atoms. The molecular weight excluding hydrogens is 307 g/mol. The van der Waals surface area contributed by atoms with Gasteiger partial charge < -0.3 is 4.74 Å². The molecule has 0 unspecified atom stereocenters. The van der Waals surface area contributed by atoms with Gasteiger partial charge in [-0.2, -0.15) is 0 Å². The molecule has 1 heterocycles. The molecule has 3 nitrogen and oxygen atoms in total. The molecule has 0 N–H and O–H groups in total. The van der Waals surface area contributed by atoms with Gasteiger partial charge in [0, 0.05) is 16.5 Å². The number of esters is 1. The summed E-state index contributed by atoms with van der Waals surface area (Å²) in [5, 5.41) is -0.0956. The number of rotatable bonds is 3. The van der Waals surface area contributed by atoms with Gasteiger partial charge in [-0.05, 0) is 6.07 Å². The van der Waals surface area contributed by atoms with E-state index in [9.17, 15) is 13.6 Å². The van der Waals surface area contributed by atoms with E-state index in [4.69, 9.17) is 11.6 Å². The predicted octanol–water partition coefficient (Wildman–Crippen LogP) is 3.35. The van der Waals surface area contributed by atoms with Crippen LogP contribution in [0.2, 0.25) is 5.15 Å². The van der Waals surface area contributed by atoms with Gasteiger partial charge in [-0.25, -0.2) is 18.6 Å². The largest absolute Gasteiger partial charge is 0.464 e. The first kappa shape index (κ1) is 13.3. The van der Waals surface area contributed by atoms with Crippen LogP contribution in [0.25, 0.3) is 0 Å². The van der Waals surface area contributed by atoms with E-state index in [1.807, 2.05) is 0 Å². The van der Waals surface area contributed by atoms with Crippen molar-refractivity contribution in [1.29, 1.82) is 0 Å². The molecule has 0 aliphatic rings. The fraction of sp³-hybridized carbons (Fsp3) is 0.333. The molecule has 0 aliphatic carbocycles. The molecule has 1 rings (SSSR count). The number of methoxy groups -OCH3 is 1. The lowest BCUT2D eigenvalue weighted by Crippen LogP contribution is -2.11. The zero-order chi connectivity index (χ0) is 12.3. The Morgan fingerprint density at radius 1 is 1.69 bits per heavy atom. The average molecular weight is 315 g/mol. The quantitative estimate of drug-likeness (QED) is 0.488. The third-order valence-electron chi connectivity index (χ3n) is 1.87. The maximum absolute atomic E-state index is 12.7. The molecule has 1 aromatic rings. The van der Waals surface area contributed by atoms with E-state index in [1.165, 1.54) is 0 Å². The van der Waals surface area contributed by atoms with Gasteiger partial charge >= 0.3 is 5.97 Å². The molecule has 7 heteroatoms. The van der Waals surface area contributed by atoms with E-state index in [1.54, 1.807) is 0 Å². The van der Waals surface area contributed by atoms with Gasteiger partial charge in [0.05, 0.1) is 7.11 Å². The van der Waals surface area contributed by atoms with Crippen LogP contribution in [0.15, 0.2) is 6.07 Å². The van der Waals surface area contributed by atoms with E-state index in [0.29, 0.717) is 0 Å². The van der Waals surface area contributed by atoms with E-state index >= 15 is 0 Å². The van der Waals surface area contributed by atoms with Crippen LogP contribution in [0.3, 0.4) is 0 Å². The molecule has 88 valence electrons. The Morgan fingerprint density at radius 2 is 2.31 bits per heavy atom. The van der Waals surface area contributed by atoms with Crippen molar-refractivity contribution in [3.05, 3.63) is 28.0 Å². The summed E-state index contributed by atoms with van der Waals surface area (Å²) < 4.78 is 29.8. The lowest BCUT2D eigenvalue weighted by Gasteiger charge is -2.10. The summed E-state index contributed by atoms with van der Waals surface area (Å²) in [6.07, 6.45) is -2.73. The highest BCUT2D eigenvalue weighted by molar-refractivity contribution is 9.08. The van der Waals surface area contributed by atoms with Crippen LogP contribution >= 0.6 is 27.5 Å². The van der Waals surface area contributed by atoms with E-state index in [-0.39, 0.29) is 27.3 Å². The first-order chi connectivity index (χ1) is 7.51. The fourth-order valence-electron chi connectivity index (χ4n) is 1.16. The van der Waals surface area contributed by atoms with E-state index < -0.39 is 12.4 Å². The smallest absolute Gasteiger partial charge is 0.357 e. The topological polar surface area (TPSA) is 39.2 Å². The summed E-state index contributed by atoms with van der Waals surface area (Å²) in [6.45, 7) is 0. The summed E-state index contributed by atoms with van der Waals surface area (Å²) in [6, 6.07) is 1.04. The third-order valence-corrected chi connectivity index (χ3v) is 2.63. The molecule has 1 aromatic heterocycles. The van der Waals surface area contributed by atoms with E-state index in [2.05, 4.69) is 25.7 Å². The average Bonchev–Trinajstić information content (AvgIpc) is 2.26. The monoisotopic (exact) mass is 313 g/mol. The normalized spacial score (nSPS) is 10.6. The zero-order valence-corrected chi connectivity index (χ0v) is 10.5. The van der Waals surface area contributed by atoms with Crippen LogP contribution < -0.4 is 0 Å². The zero-order valence-electron chi connectivity index (χ0n) is 8.14. The number of halogens is 4. The second kappa shape index (κ2) is 5.54. The van der Waals surface area contributed by atoms with Crippen molar-refractivity contribution >= 4 is 33.5 Å². The number of alkyl halides is 3. The van der Waals surface area contributed by atoms with Crippen molar-refractivity contribution in [3.63, 3.8) is 0 Å². The van der Waals surface area contributed by atoms with Gasteiger partial charge in [0.15, 0.2) is 5.69 Å². The van der Waals surface area contributed by atoms with Gasteiger partial charge in [-0.15, -0.1) is 0 Å². The fourth-order valence-corrected chi connectivity index (χ4v) is 1.95. The third kappa shape index (κ3) is 2.68. The Balaban J connectivity index is 3.41. The van der Waals surface area contributed by atoms with Crippen molar-refractivity contribution in [2.75, 3.05) is 7.11 Å². The molecule has 0 aliphatic heterocycles. The molecule has 0 spiro atoms. The minimum absolute atomic E-state index is 0.0707. The Bertz CT molecular complexity index is 415. The number of ether oxygens (including phenoxy) is 1. The summed E-state index contributed by atoms with van der Waals surface area (Å²) in [7, 11) is 1.14. The predicted molar refractivity (Wildman–Crippen MR) is 58.2 cm³/mol. The molecule has 0 saturated carbocycles. The lowest BCUT2D eigenvalue weighted by molar-refractivity contribution is 0.0592. The van der Waals surface area contributed by atoms with E-state index in [0.717, 1.165) is 13.2 Å². The van der Waals surface area contributed by atoms with Gasteiger partial charge in [0.2, 0.25) is 0 Å². The molecule has 0 radical (unpaired) electrons. The maximum atomic E-state index is 12.7. The van der Waals surface area contributed by atoms with Gasteiger partial charge in [0.25, 0.3) is 6.43 Å².